The zero-order valence-corrected chi connectivity index (χ0v) is 10.5. The smallest absolute Gasteiger partial charge is 0.225 e. The molecular weight excluding hydrogens is 238 g/mol. The molecule has 0 aliphatic carbocycles. The lowest BCUT2D eigenvalue weighted by atomic mass is 10.2. The first kappa shape index (κ1) is 13.3. The van der Waals surface area contributed by atoms with E-state index in [1.807, 2.05) is 0 Å². The molecule has 0 bridgehead atoms. The van der Waals surface area contributed by atoms with E-state index in [1.54, 1.807) is 38.4 Å². The van der Waals surface area contributed by atoms with Crippen molar-refractivity contribution in [1.82, 2.24) is 4.90 Å². The average Bonchev–Trinajstić information content (AvgIpc) is 2.30. The van der Waals surface area contributed by atoms with E-state index >= 15 is 0 Å². The van der Waals surface area contributed by atoms with Crippen LogP contribution < -0.4 is 5.32 Å². The summed E-state index contributed by atoms with van der Waals surface area (Å²) in [4.78, 5) is 12.9. The number of anilines is 1. The fourth-order valence-electron chi connectivity index (χ4n) is 1.23. The molecular formula is C12H14ClN3O. The molecule has 0 heterocycles. The van der Waals surface area contributed by atoms with Crippen molar-refractivity contribution in [2.75, 3.05) is 19.4 Å². The Morgan fingerprint density at radius 1 is 1.47 bits per heavy atom. The topological polar surface area (TPSA) is 56.1 Å². The molecule has 0 saturated carbocycles. The third-order valence-electron chi connectivity index (χ3n) is 2.22. The van der Waals surface area contributed by atoms with Crippen LogP contribution >= 0.6 is 11.6 Å². The molecule has 0 aliphatic heterocycles. The van der Waals surface area contributed by atoms with Gasteiger partial charge in [-0.15, -0.1) is 0 Å². The van der Waals surface area contributed by atoms with Crippen LogP contribution in [-0.4, -0.2) is 30.9 Å². The first-order chi connectivity index (χ1) is 8.02. The maximum Gasteiger partial charge on any atom is 0.225 e. The fourth-order valence-corrected chi connectivity index (χ4v) is 1.36. The van der Waals surface area contributed by atoms with Gasteiger partial charge in [0.25, 0.3) is 0 Å². The van der Waals surface area contributed by atoms with Crippen molar-refractivity contribution in [2.45, 2.75) is 12.5 Å². The number of nitrogens with zero attached hydrogens (tertiary/aromatic N) is 2. The van der Waals surface area contributed by atoms with Crippen LogP contribution in [-0.2, 0) is 4.79 Å². The molecule has 0 radical (unpaired) electrons. The number of rotatable bonds is 4. The fraction of sp³-hybridized carbons (Fsp3) is 0.333. The van der Waals surface area contributed by atoms with Crippen LogP contribution in [0.5, 0.6) is 0 Å². The third-order valence-corrected chi connectivity index (χ3v) is 2.47. The van der Waals surface area contributed by atoms with Gasteiger partial charge in [-0.25, -0.2) is 0 Å². The number of carbonyl (C=O) groups excluding carboxylic acids is 1. The second kappa shape index (κ2) is 6.12. The molecule has 0 aliphatic rings. The summed E-state index contributed by atoms with van der Waals surface area (Å²) in [6, 6.07) is 8.52. The summed E-state index contributed by atoms with van der Waals surface area (Å²) in [7, 11) is 3.33. The second-order valence-corrected chi connectivity index (χ2v) is 4.26. The molecule has 1 aromatic carbocycles. The van der Waals surface area contributed by atoms with Gasteiger partial charge in [-0.3, -0.25) is 4.79 Å². The summed E-state index contributed by atoms with van der Waals surface area (Å²) < 4.78 is 0. The first-order valence-corrected chi connectivity index (χ1v) is 5.52. The summed E-state index contributed by atoms with van der Waals surface area (Å²) in [6.45, 7) is 0. The Morgan fingerprint density at radius 2 is 2.06 bits per heavy atom. The van der Waals surface area contributed by atoms with Crippen molar-refractivity contribution < 1.29 is 4.79 Å². The number of amides is 1. The van der Waals surface area contributed by atoms with Gasteiger partial charge >= 0.3 is 0 Å². The summed E-state index contributed by atoms with van der Waals surface area (Å²) in [5.41, 5.74) is 0.771. The van der Waals surface area contributed by atoms with Gasteiger partial charge in [0, 0.05) is 24.8 Å². The van der Waals surface area contributed by atoms with Crippen molar-refractivity contribution in [3.8, 4) is 6.07 Å². The molecule has 1 amide bonds. The Balaban J connectivity index is 2.62. The maximum atomic E-state index is 11.5. The van der Waals surface area contributed by atoms with E-state index in [4.69, 9.17) is 16.9 Å². The van der Waals surface area contributed by atoms with E-state index in [2.05, 4.69) is 11.4 Å². The number of hydrogen-bond donors (Lipinski definition) is 1. The minimum absolute atomic E-state index is 0.0852. The Bertz CT molecular complexity index is 422. The molecule has 0 spiro atoms. The number of hydrogen-bond acceptors (Lipinski definition) is 3. The highest BCUT2D eigenvalue weighted by atomic mass is 35.5. The van der Waals surface area contributed by atoms with E-state index < -0.39 is 6.04 Å². The monoisotopic (exact) mass is 251 g/mol. The van der Waals surface area contributed by atoms with E-state index in [1.165, 1.54) is 4.90 Å². The summed E-state index contributed by atoms with van der Waals surface area (Å²) in [5.74, 6) is -0.0852. The van der Waals surface area contributed by atoms with Crippen molar-refractivity contribution in [1.29, 1.82) is 5.26 Å². The van der Waals surface area contributed by atoms with E-state index in [-0.39, 0.29) is 12.3 Å². The highest BCUT2D eigenvalue weighted by Gasteiger charge is 2.14. The summed E-state index contributed by atoms with van der Waals surface area (Å²) >= 11 is 5.75. The van der Waals surface area contributed by atoms with E-state index in [9.17, 15) is 4.79 Å². The number of nitrogens with one attached hydrogen (secondary N) is 1. The Labute approximate surface area is 106 Å². The van der Waals surface area contributed by atoms with E-state index in [0.717, 1.165) is 5.69 Å². The van der Waals surface area contributed by atoms with Crippen molar-refractivity contribution in [3.63, 3.8) is 0 Å². The Morgan fingerprint density at radius 3 is 2.53 bits per heavy atom. The molecule has 1 aromatic rings. The van der Waals surface area contributed by atoms with Gasteiger partial charge in [0.2, 0.25) is 5.91 Å². The van der Waals surface area contributed by atoms with Crippen LogP contribution in [0.3, 0.4) is 0 Å². The van der Waals surface area contributed by atoms with Crippen molar-refractivity contribution in [3.05, 3.63) is 29.3 Å². The molecule has 90 valence electrons. The van der Waals surface area contributed by atoms with Crippen molar-refractivity contribution in [2.24, 2.45) is 0 Å². The minimum Gasteiger partial charge on any atom is -0.369 e. The zero-order valence-electron chi connectivity index (χ0n) is 9.77. The Hall–Kier alpha value is -1.73. The first-order valence-electron chi connectivity index (χ1n) is 5.15. The molecule has 0 fully saturated rings. The minimum atomic E-state index is -0.536. The van der Waals surface area contributed by atoms with Crippen LogP contribution in [0.25, 0.3) is 0 Å². The van der Waals surface area contributed by atoms with Crippen LogP contribution in [0.15, 0.2) is 24.3 Å². The second-order valence-electron chi connectivity index (χ2n) is 3.83. The molecule has 17 heavy (non-hydrogen) atoms. The number of nitriles is 1. The van der Waals surface area contributed by atoms with E-state index in [0.29, 0.717) is 5.02 Å². The molecule has 1 rings (SSSR count). The van der Waals surface area contributed by atoms with Gasteiger partial charge in [0.05, 0.1) is 12.5 Å². The highest BCUT2D eigenvalue weighted by molar-refractivity contribution is 6.30. The molecule has 1 unspecified atom stereocenters. The summed E-state index contributed by atoms with van der Waals surface area (Å²) in [5, 5.41) is 12.6. The molecule has 4 nitrogen and oxygen atoms in total. The third kappa shape index (κ3) is 4.33. The molecule has 5 heteroatoms. The van der Waals surface area contributed by atoms with Gasteiger partial charge in [0.15, 0.2) is 0 Å². The quantitative estimate of drug-likeness (QED) is 0.892. The van der Waals surface area contributed by atoms with Gasteiger partial charge < -0.3 is 10.2 Å². The SMILES string of the molecule is CN(C)C(=O)CC(C#N)Nc1ccc(Cl)cc1. The maximum absolute atomic E-state index is 11.5. The average molecular weight is 252 g/mol. The van der Waals surface area contributed by atoms with Gasteiger partial charge in [-0.05, 0) is 24.3 Å². The lowest BCUT2D eigenvalue weighted by Gasteiger charge is -2.15. The predicted molar refractivity (Wildman–Crippen MR) is 67.8 cm³/mol. The van der Waals surface area contributed by atoms with Crippen LogP contribution in [0, 0.1) is 11.3 Å². The number of carbonyl (C=O) groups is 1. The molecule has 0 aromatic heterocycles. The normalized spacial score (nSPS) is 11.4. The van der Waals surface area contributed by atoms with Crippen LogP contribution in [0.1, 0.15) is 6.42 Å². The van der Waals surface area contributed by atoms with Gasteiger partial charge in [-0.1, -0.05) is 11.6 Å². The van der Waals surface area contributed by atoms with Crippen LogP contribution in [0.4, 0.5) is 5.69 Å². The molecule has 0 saturated heterocycles. The number of benzene rings is 1. The number of halogens is 1. The van der Waals surface area contributed by atoms with Crippen LogP contribution in [0.2, 0.25) is 5.02 Å². The largest absolute Gasteiger partial charge is 0.369 e. The summed E-state index contributed by atoms with van der Waals surface area (Å²) in [6.07, 6.45) is 0.145. The van der Waals surface area contributed by atoms with Gasteiger partial charge in [0.1, 0.15) is 6.04 Å². The zero-order chi connectivity index (χ0) is 12.8. The highest BCUT2D eigenvalue weighted by Crippen LogP contribution is 2.15. The molecule has 1 N–H and O–H groups in total. The van der Waals surface area contributed by atoms with Gasteiger partial charge in [-0.2, -0.15) is 5.26 Å². The molecule has 1 atom stereocenters. The lowest BCUT2D eigenvalue weighted by molar-refractivity contribution is -0.128. The predicted octanol–water partition coefficient (Wildman–Crippen LogP) is 2.12. The lowest BCUT2D eigenvalue weighted by Crippen LogP contribution is -2.29. The van der Waals surface area contributed by atoms with Crippen molar-refractivity contribution >= 4 is 23.2 Å². The standard InChI is InChI=1S/C12H14ClN3O/c1-16(2)12(17)7-11(8-14)15-10-5-3-9(13)4-6-10/h3-6,11,15H,7H2,1-2H3. The Kier molecular flexibility index (Phi) is 4.80.